The van der Waals surface area contributed by atoms with Gasteiger partial charge in [0.05, 0.1) is 18.5 Å². The van der Waals surface area contributed by atoms with E-state index >= 15 is 0 Å². The number of likely N-dealkylation sites (tertiary alicyclic amines) is 1. The predicted octanol–water partition coefficient (Wildman–Crippen LogP) is -2.33. The molecule has 0 bridgehead atoms. The molecule has 10 N–H and O–H groups in total. The Morgan fingerprint density at radius 1 is 0.978 bits per heavy atom. The number of guanidine groups is 1. The molecule has 1 saturated heterocycles. The van der Waals surface area contributed by atoms with Crippen molar-refractivity contribution in [2.24, 2.45) is 22.4 Å². The standard InChI is InChI=1S/C28H49N9O8/c1-5-6-7-12-32-25(43)22(40)18(15-20(38)39)35-36-26(44)23(41)21(16(2)3)34-24(42)19-11-9-14-37(19)27(45)17(31-4)10-8-13-33-28(29)30/h16-19,21,31,35H,5-15H2,1-4H3,(H,32,43)(H,34,42)(H,36,44)(H,38,39)(H4,29,30,33)/t17-,18-,19-,21-/m0/s1. The fourth-order valence-corrected chi connectivity index (χ4v) is 4.74. The minimum atomic E-state index is -1.64. The first-order chi connectivity index (χ1) is 21.2. The number of likely N-dealkylation sites (N-methyl/N-ethyl adjacent to an activating group) is 1. The summed E-state index contributed by atoms with van der Waals surface area (Å²) in [5, 5.41) is 17.1. The summed E-state index contributed by atoms with van der Waals surface area (Å²) < 4.78 is 0. The van der Waals surface area contributed by atoms with E-state index in [0.29, 0.717) is 45.2 Å². The van der Waals surface area contributed by atoms with Crippen LogP contribution in [0.25, 0.3) is 0 Å². The largest absolute Gasteiger partial charge is 0.481 e. The average Bonchev–Trinajstić information content (AvgIpc) is 3.48. The molecular formula is C28H49N9O8. The minimum absolute atomic E-state index is 0.0496. The maximum atomic E-state index is 13.3. The normalized spacial score (nSPS) is 16.3. The van der Waals surface area contributed by atoms with Gasteiger partial charge in [-0.25, -0.2) is 5.43 Å². The first kappa shape index (κ1) is 38.9. The first-order valence-electron chi connectivity index (χ1n) is 15.2. The molecule has 0 unspecified atom stereocenters. The van der Waals surface area contributed by atoms with E-state index in [9.17, 15) is 38.7 Å². The van der Waals surface area contributed by atoms with Crippen molar-refractivity contribution in [3.8, 4) is 0 Å². The lowest BCUT2D eigenvalue weighted by molar-refractivity contribution is -0.145. The van der Waals surface area contributed by atoms with Gasteiger partial charge in [-0.05, 0) is 45.1 Å². The Hall–Kier alpha value is -4.12. The third-order valence-corrected chi connectivity index (χ3v) is 7.25. The van der Waals surface area contributed by atoms with Crippen LogP contribution in [0, 0.1) is 5.92 Å². The number of aliphatic carboxylic acids is 1. The summed E-state index contributed by atoms with van der Waals surface area (Å²) >= 11 is 0. The predicted molar refractivity (Wildman–Crippen MR) is 164 cm³/mol. The van der Waals surface area contributed by atoms with Crippen molar-refractivity contribution in [1.82, 2.24) is 31.7 Å². The van der Waals surface area contributed by atoms with Crippen molar-refractivity contribution in [3.63, 3.8) is 0 Å². The Balaban J connectivity index is 2.88. The Morgan fingerprint density at radius 2 is 1.67 bits per heavy atom. The number of aliphatic imine (C=N–C) groups is 1. The lowest BCUT2D eigenvalue weighted by Crippen LogP contribution is -2.59. The molecule has 1 heterocycles. The second kappa shape index (κ2) is 20.0. The van der Waals surface area contributed by atoms with Gasteiger partial charge in [0, 0.05) is 19.6 Å². The molecule has 0 radical (unpaired) electrons. The highest BCUT2D eigenvalue weighted by atomic mass is 16.4. The summed E-state index contributed by atoms with van der Waals surface area (Å²) in [5.74, 6) is -7.40. The van der Waals surface area contributed by atoms with Gasteiger partial charge in [0.25, 0.3) is 5.91 Å². The zero-order chi connectivity index (χ0) is 34.1. The van der Waals surface area contributed by atoms with E-state index in [1.807, 2.05) is 12.3 Å². The van der Waals surface area contributed by atoms with Crippen LogP contribution in [0.4, 0.5) is 0 Å². The summed E-state index contributed by atoms with van der Waals surface area (Å²) in [5.41, 5.74) is 14.9. The summed E-state index contributed by atoms with van der Waals surface area (Å²) in [6.45, 7) is 6.06. The van der Waals surface area contributed by atoms with Crippen LogP contribution in [0.3, 0.4) is 0 Å². The topological polar surface area (TPSA) is 268 Å². The number of carbonyl (C=O) groups excluding carboxylic acids is 6. The van der Waals surface area contributed by atoms with Crippen LogP contribution in [-0.2, 0) is 33.6 Å². The molecule has 0 spiro atoms. The molecule has 17 nitrogen and oxygen atoms in total. The summed E-state index contributed by atoms with van der Waals surface area (Å²) in [6, 6.07) is -4.40. The van der Waals surface area contributed by atoms with Crippen molar-refractivity contribution in [3.05, 3.63) is 0 Å². The number of carboxylic acid groups (broad SMARTS) is 1. The minimum Gasteiger partial charge on any atom is -0.481 e. The molecule has 0 aromatic heterocycles. The number of Topliss-reactive ketones (excluding diaryl/α,β-unsaturated/α-hetero) is 2. The monoisotopic (exact) mass is 639 g/mol. The number of hydrazine groups is 1. The number of hydrogen-bond acceptors (Lipinski definition) is 10. The van der Waals surface area contributed by atoms with Crippen molar-refractivity contribution in [1.29, 1.82) is 0 Å². The molecular weight excluding hydrogens is 590 g/mol. The van der Waals surface area contributed by atoms with Crippen molar-refractivity contribution < 1.29 is 38.7 Å². The molecule has 0 saturated carbocycles. The van der Waals surface area contributed by atoms with Crippen LogP contribution >= 0.6 is 0 Å². The molecule has 0 aromatic rings. The Bertz CT molecular complexity index is 1090. The van der Waals surface area contributed by atoms with E-state index in [0.717, 1.165) is 12.8 Å². The van der Waals surface area contributed by atoms with Crippen LogP contribution < -0.4 is 38.3 Å². The van der Waals surface area contributed by atoms with Crippen LogP contribution in [0.1, 0.15) is 72.1 Å². The van der Waals surface area contributed by atoms with Gasteiger partial charge in [-0.2, -0.15) is 0 Å². The van der Waals surface area contributed by atoms with Crippen molar-refractivity contribution >= 4 is 47.1 Å². The van der Waals surface area contributed by atoms with Crippen LogP contribution in [0.2, 0.25) is 0 Å². The molecule has 0 aromatic carbocycles. The van der Waals surface area contributed by atoms with Gasteiger partial charge in [-0.15, -0.1) is 0 Å². The van der Waals surface area contributed by atoms with Crippen LogP contribution in [-0.4, -0.2) is 108 Å². The van der Waals surface area contributed by atoms with Gasteiger partial charge in [0.15, 0.2) is 5.96 Å². The van der Waals surface area contributed by atoms with Gasteiger partial charge in [0.1, 0.15) is 12.1 Å². The fraction of sp³-hybridized carbons (Fsp3) is 0.714. The maximum Gasteiger partial charge on any atom is 0.305 e. The van der Waals surface area contributed by atoms with Crippen molar-refractivity contribution in [2.75, 3.05) is 26.7 Å². The zero-order valence-corrected chi connectivity index (χ0v) is 26.5. The molecule has 4 atom stereocenters. The molecule has 17 heteroatoms. The van der Waals surface area contributed by atoms with Gasteiger partial charge in [-0.3, -0.25) is 44.0 Å². The number of rotatable bonds is 21. The number of amides is 4. The summed E-state index contributed by atoms with van der Waals surface area (Å²) in [7, 11) is 1.63. The number of carbonyl (C=O) groups is 7. The van der Waals surface area contributed by atoms with Gasteiger partial charge in [0.2, 0.25) is 23.4 Å². The fourth-order valence-electron chi connectivity index (χ4n) is 4.74. The molecule has 1 aliphatic heterocycles. The Morgan fingerprint density at radius 3 is 2.24 bits per heavy atom. The van der Waals surface area contributed by atoms with E-state index in [1.54, 1.807) is 20.9 Å². The molecule has 254 valence electrons. The highest BCUT2D eigenvalue weighted by Crippen LogP contribution is 2.20. The lowest BCUT2D eigenvalue weighted by atomic mass is 9.98. The van der Waals surface area contributed by atoms with E-state index in [4.69, 9.17) is 11.5 Å². The molecule has 45 heavy (non-hydrogen) atoms. The first-order valence-corrected chi connectivity index (χ1v) is 15.2. The summed E-state index contributed by atoms with van der Waals surface area (Å²) in [6.07, 6.45) is 3.36. The molecule has 4 amide bonds. The second-order valence-corrected chi connectivity index (χ2v) is 11.2. The number of carboxylic acids is 1. The molecule has 1 fully saturated rings. The van der Waals surface area contributed by atoms with Gasteiger partial charge < -0.3 is 37.4 Å². The smallest absolute Gasteiger partial charge is 0.305 e. The molecule has 0 aliphatic carbocycles. The van der Waals surface area contributed by atoms with Crippen LogP contribution in [0.5, 0.6) is 0 Å². The van der Waals surface area contributed by atoms with E-state index in [-0.39, 0.29) is 18.4 Å². The maximum absolute atomic E-state index is 13.3. The number of nitrogens with two attached hydrogens (primary N) is 2. The second-order valence-electron chi connectivity index (χ2n) is 11.2. The van der Waals surface area contributed by atoms with Crippen molar-refractivity contribution in [2.45, 2.75) is 96.3 Å². The number of hydrogen-bond donors (Lipinski definition) is 8. The number of nitrogens with one attached hydrogen (secondary N) is 5. The van der Waals surface area contributed by atoms with E-state index < -0.39 is 71.8 Å². The van der Waals surface area contributed by atoms with E-state index in [2.05, 4.69) is 26.4 Å². The zero-order valence-electron chi connectivity index (χ0n) is 26.5. The Labute approximate surface area is 263 Å². The summed E-state index contributed by atoms with van der Waals surface area (Å²) in [4.78, 5) is 93.8. The number of unbranched alkanes of at least 4 members (excludes halogenated alkanes) is 2. The quantitative estimate of drug-likeness (QED) is 0.0216. The number of ketones is 2. The van der Waals surface area contributed by atoms with E-state index in [1.165, 1.54) is 4.90 Å². The Kier molecular flexibility index (Phi) is 17.3. The SMILES string of the molecule is CCCCCNC(=O)C(=O)[C@H](CC(=O)O)NNC(=O)C(=O)[C@@H](NC(=O)[C@@H]1CCCN1C(=O)[C@H](CCCN=C(N)N)NC)C(C)C. The highest BCUT2D eigenvalue weighted by Gasteiger charge is 2.39. The third kappa shape index (κ3) is 13.2. The number of nitrogens with zero attached hydrogens (tertiary/aromatic N) is 2. The molecule has 1 aliphatic rings. The third-order valence-electron chi connectivity index (χ3n) is 7.25. The lowest BCUT2D eigenvalue weighted by Gasteiger charge is -2.30. The molecule has 1 rings (SSSR count). The average molecular weight is 640 g/mol. The van der Waals surface area contributed by atoms with Gasteiger partial charge in [-0.1, -0.05) is 33.6 Å². The highest BCUT2D eigenvalue weighted by molar-refractivity contribution is 6.39. The van der Waals surface area contributed by atoms with Gasteiger partial charge >= 0.3 is 11.9 Å². The van der Waals surface area contributed by atoms with Crippen LogP contribution in [0.15, 0.2) is 4.99 Å².